The summed E-state index contributed by atoms with van der Waals surface area (Å²) in [5.41, 5.74) is 12.4. The Kier molecular flexibility index (Phi) is 2.89. The highest BCUT2D eigenvalue weighted by atomic mass is 32.2. The predicted octanol–water partition coefficient (Wildman–Crippen LogP) is 1.66. The highest BCUT2D eigenvalue weighted by Crippen LogP contribution is 2.31. The molecule has 78 valence electrons. The van der Waals surface area contributed by atoms with Gasteiger partial charge in [-0.15, -0.1) is 0 Å². The van der Waals surface area contributed by atoms with Crippen molar-refractivity contribution >= 4 is 23.4 Å². The highest BCUT2D eigenvalue weighted by molar-refractivity contribution is 7.98. The minimum atomic E-state index is -0.120. The van der Waals surface area contributed by atoms with Crippen molar-refractivity contribution in [2.75, 3.05) is 17.7 Å². The molecule has 0 amide bonds. The standard InChI is InChI=1S/C9H16N4S/c1-9(2,3)5-6(10)12-8(14-4)13-7(5)11/h1-4H3,(H4,10,11,12,13). The summed E-state index contributed by atoms with van der Waals surface area (Å²) >= 11 is 1.43. The number of aromatic nitrogens is 2. The van der Waals surface area contributed by atoms with Crippen molar-refractivity contribution in [1.29, 1.82) is 0 Å². The molecule has 1 heterocycles. The summed E-state index contributed by atoms with van der Waals surface area (Å²) in [6.07, 6.45) is 1.89. The molecule has 0 bridgehead atoms. The van der Waals surface area contributed by atoms with E-state index >= 15 is 0 Å². The molecule has 0 saturated carbocycles. The smallest absolute Gasteiger partial charge is 0.191 e. The lowest BCUT2D eigenvalue weighted by atomic mass is 9.87. The monoisotopic (exact) mass is 212 g/mol. The molecule has 0 aromatic carbocycles. The number of rotatable bonds is 1. The van der Waals surface area contributed by atoms with Gasteiger partial charge < -0.3 is 11.5 Å². The van der Waals surface area contributed by atoms with E-state index in [0.717, 1.165) is 5.56 Å². The van der Waals surface area contributed by atoms with Crippen LogP contribution in [-0.4, -0.2) is 16.2 Å². The Morgan fingerprint density at radius 2 is 1.50 bits per heavy atom. The zero-order valence-corrected chi connectivity index (χ0v) is 9.77. The van der Waals surface area contributed by atoms with Crippen LogP contribution in [0.1, 0.15) is 26.3 Å². The van der Waals surface area contributed by atoms with Gasteiger partial charge >= 0.3 is 0 Å². The van der Waals surface area contributed by atoms with Crippen LogP contribution in [0.15, 0.2) is 5.16 Å². The molecule has 0 aliphatic rings. The number of nitrogens with zero attached hydrogens (tertiary/aromatic N) is 2. The molecule has 0 aliphatic heterocycles. The maximum Gasteiger partial charge on any atom is 0.191 e. The molecule has 0 aliphatic carbocycles. The van der Waals surface area contributed by atoms with Crippen molar-refractivity contribution < 1.29 is 0 Å². The van der Waals surface area contributed by atoms with E-state index in [1.54, 1.807) is 0 Å². The maximum atomic E-state index is 5.84. The van der Waals surface area contributed by atoms with Crippen LogP contribution in [0.4, 0.5) is 11.6 Å². The third-order valence-electron chi connectivity index (χ3n) is 1.88. The molecular weight excluding hydrogens is 196 g/mol. The first-order valence-corrected chi connectivity index (χ1v) is 5.56. The Morgan fingerprint density at radius 3 is 1.79 bits per heavy atom. The molecule has 1 aromatic rings. The first-order chi connectivity index (χ1) is 6.36. The van der Waals surface area contributed by atoms with Gasteiger partial charge in [0.15, 0.2) is 5.16 Å². The summed E-state index contributed by atoms with van der Waals surface area (Å²) in [5, 5.41) is 0.619. The topological polar surface area (TPSA) is 77.8 Å². The van der Waals surface area contributed by atoms with Crippen LogP contribution in [0.2, 0.25) is 0 Å². The Labute approximate surface area is 88.5 Å². The summed E-state index contributed by atoms with van der Waals surface area (Å²) in [6, 6.07) is 0. The zero-order chi connectivity index (χ0) is 10.9. The third-order valence-corrected chi connectivity index (χ3v) is 2.42. The number of nitrogens with two attached hydrogens (primary N) is 2. The van der Waals surface area contributed by atoms with Crippen molar-refractivity contribution in [3.63, 3.8) is 0 Å². The van der Waals surface area contributed by atoms with Crippen LogP contribution in [-0.2, 0) is 5.41 Å². The molecule has 0 saturated heterocycles. The van der Waals surface area contributed by atoms with Gasteiger partial charge in [0.2, 0.25) is 0 Å². The predicted molar refractivity (Wildman–Crippen MR) is 61.3 cm³/mol. The molecule has 0 radical (unpaired) electrons. The van der Waals surface area contributed by atoms with E-state index in [0.29, 0.717) is 16.8 Å². The highest BCUT2D eigenvalue weighted by Gasteiger charge is 2.22. The van der Waals surface area contributed by atoms with Gasteiger partial charge in [-0.25, -0.2) is 9.97 Å². The summed E-state index contributed by atoms with van der Waals surface area (Å²) < 4.78 is 0. The van der Waals surface area contributed by atoms with Crippen LogP contribution in [0.25, 0.3) is 0 Å². The first kappa shape index (κ1) is 11.1. The van der Waals surface area contributed by atoms with E-state index in [1.807, 2.05) is 27.0 Å². The second-order valence-electron chi connectivity index (χ2n) is 4.11. The van der Waals surface area contributed by atoms with E-state index in [2.05, 4.69) is 9.97 Å². The van der Waals surface area contributed by atoms with Crippen molar-refractivity contribution in [3.05, 3.63) is 5.56 Å². The lowest BCUT2D eigenvalue weighted by Gasteiger charge is -2.21. The van der Waals surface area contributed by atoms with Gasteiger partial charge in [-0.2, -0.15) is 0 Å². The van der Waals surface area contributed by atoms with Crippen LogP contribution < -0.4 is 11.5 Å². The Bertz CT molecular complexity index is 320. The van der Waals surface area contributed by atoms with Gasteiger partial charge in [-0.1, -0.05) is 32.5 Å². The summed E-state index contributed by atoms with van der Waals surface area (Å²) in [5.74, 6) is 0.962. The Morgan fingerprint density at radius 1 is 1.07 bits per heavy atom. The van der Waals surface area contributed by atoms with E-state index in [9.17, 15) is 0 Å². The van der Waals surface area contributed by atoms with E-state index in [1.165, 1.54) is 11.8 Å². The van der Waals surface area contributed by atoms with Crippen molar-refractivity contribution in [3.8, 4) is 0 Å². The molecule has 1 rings (SSSR count). The fourth-order valence-corrected chi connectivity index (χ4v) is 1.71. The van der Waals surface area contributed by atoms with Gasteiger partial charge in [-0.3, -0.25) is 0 Å². The number of anilines is 2. The van der Waals surface area contributed by atoms with Crippen molar-refractivity contribution in [2.24, 2.45) is 0 Å². The maximum absolute atomic E-state index is 5.84. The van der Waals surface area contributed by atoms with Crippen molar-refractivity contribution in [2.45, 2.75) is 31.3 Å². The van der Waals surface area contributed by atoms with E-state index in [4.69, 9.17) is 11.5 Å². The summed E-state index contributed by atoms with van der Waals surface area (Å²) in [4.78, 5) is 8.34. The molecule has 0 fully saturated rings. The Balaban J connectivity index is 3.33. The zero-order valence-electron chi connectivity index (χ0n) is 8.96. The molecule has 0 atom stereocenters. The molecular formula is C9H16N4S. The van der Waals surface area contributed by atoms with Gasteiger partial charge in [0, 0.05) is 5.56 Å². The number of thioether (sulfide) groups is 1. The molecule has 0 spiro atoms. The average molecular weight is 212 g/mol. The first-order valence-electron chi connectivity index (χ1n) is 4.33. The summed E-state index contributed by atoms with van der Waals surface area (Å²) in [6.45, 7) is 6.12. The minimum Gasteiger partial charge on any atom is -0.383 e. The second-order valence-corrected chi connectivity index (χ2v) is 4.88. The Hall–Kier alpha value is -0.970. The molecule has 0 unspecified atom stereocenters. The molecule has 4 N–H and O–H groups in total. The van der Waals surface area contributed by atoms with Gasteiger partial charge in [-0.05, 0) is 11.7 Å². The SMILES string of the molecule is CSc1nc(N)c(C(C)(C)C)c(N)n1. The summed E-state index contributed by atoms with van der Waals surface area (Å²) in [7, 11) is 0. The fraction of sp³-hybridized carbons (Fsp3) is 0.556. The number of hydrogen-bond donors (Lipinski definition) is 2. The number of hydrogen-bond acceptors (Lipinski definition) is 5. The quantitative estimate of drug-likeness (QED) is 0.547. The van der Waals surface area contributed by atoms with Crippen LogP contribution in [0, 0.1) is 0 Å². The molecule has 4 nitrogen and oxygen atoms in total. The second kappa shape index (κ2) is 3.65. The van der Waals surface area contributed by atoms with E-state index < -0.39 is 0 Å². The van der Waals surface area contributed by atoms with Crippen LogP contribution in [0.3, 0.4) is 0 Å². The van der Waals surface area contributed by atoms with Gasteiger partial charge in [0.25, 0.3) is 0 Å². The normalized spacial score (nSPS) is 11.7. The van der Waals surface area contributed by atoms with Crippen LogP contribution >= 0.6 is 11.8 Å². The van der Waals surface area contributed by atoms with Crippen molar-refractivity contribution in [1.82, 2.24) is 9.97 Å². The van der Waals surface area contributed by atoms with E-state index in [-0.39, 0.29) is 5.41 Å². The average Bonchev–Trinajstić information content (AvgIpc) is 1.99. The fourth-order valence-electron chi connectivity index (χ4n) is 1.33. The minimum absolute atomic E-state index is 0.120. The molecule has 1 aromatic heterocycles. The largest absolute Gasteiger partial charge is 0.383 e. The molecule has 14 heavy (non-hydrogen) atoms. The lowest BCUT2D eigenvalue weighted by molar-refractivity contribution is 0.587. The molecule has 5 heteroatoms. The third kappa shape index (κ3) is 2.09. The van der Waals surface area contributed by atoms with Crippen LogP contribution in [0.5, 0.6) is 0 Å². The van der Waals surface area contributed by atoms with Gasteiger partial charge in [0.05, 0.1) is 0 Å². The lowest BCUT2D eigenvalue weighted by Crippen LogP contribution is -2.19. The van der Waals surface area contributed by atoms with Gasteiger partial charge in [0.1, 0.15) is 11.6 Å². The number of nitrogen functional groups attached to an aromatic ring is 2.